The fourth-order valence-electron chi connectivity index (χ4n) is 5.54. The van der Waals surface area contributed by atoms with E-state index in [4.69, 9.17) is 13.7 Å². The maximum atomic E-state index is 13.1. The number of methoxy groups -OCH3 is 2. The molecule has 0 spiro atoms. The van der Waals surface area contributed by atoms with Crippen LogP contribution in [0.15, 0.2) is 53.4 Å². The third-order valence-electron chi connectivity index (χ3n) is 7.26. The third kappa shape index (κ3) is 4.63. The SMILES string of the molecule is COc1cc2c(cc1CN(C)C)CCN1Cc3c(c(C)cc(OC)c3OS(=O)c3ccccc3)CC21. The van der Waals surface area contributed by atoms with E-state index in [0.717, 1.165) is 43.8 Å². The Labute approximate surface area is 216 Å². The molecule has 0 N–H and O–H groups in total. The van der Waals surface area contributed by atoms with Crippen molar-refractivity contribution in [2.75, 3.05) is 34.9 Å². The van der Waals surface area contributed by atoms with Crippen molar-refractivity contribution in [3.63, 3.8) is 0 Å². The van der Waals surface area contributed by atoms with Crippen molar-refractivity contribution in [3.8, 4) is 17.2 Å². The molecule has 7 heteroatoms. The Morgan fingerprint density at radius 3 is 2.47 bits per heavy atom. The van der Waals surface area contributed by atoms with Crippen molar-refractivity contribution in [2.45, 2.75) is 43.8 Å². The summed E-state index contributed by atoms with van der Waals surface area (Å²) in [7, 11) is 7.56. The van der Waals surface area contributed by atoms with E-state index in [1.807, 2.05) is 36.4 Å². The zero-order valence-electron chi connectivity index (χ0n) is 21.7. The summed E-state index contributed by atoms with van der Waals surface area (Å²) in [5.74, 6) is 2.16. The summed E-state index contributed by atoms with van der Waals surface area (Å²) in [6.45, 7) is 4.66. The fraction of sp³-hybridized carbons (Fsp3) is 0.379. The molecule has 5 rings (SSSR count). The minimum atomic E-state index is -1.63. The highest BCUT2D eigenvalue weighted by Crippen LogP contribution is 2.46. The molecule has 0 saturated heterocycles. The van der Waals surface area contributed by atoms with Crippen molar-refractivity contribution in [1.29, 1.82) is 0 Å². The lowest BCUT2D eigenvalue weighted by Crippen LogP contribution is -2.40. The lowest BCUT2D eigenvalue weighted by Gasteiger charge is -2.42. The van der Waals surface area contributed by atoms with Gasteiger partial charge in [-0.05, 0) is 80.4 Å². The summed E-state index contributed by atoms with van der Waals surface area (Å²) in [6.07, 6.45) is 1.85. The summed E-state index contributed by atoms with van der Waals surface area (Å²) in [4.78, 5) is 5.32. The molecule has 3 aromatic rings. The molecule has 0 amide bonds. The number of hydrogen-bond donors (Lipinski definition) is 0. The Morgan fingerprint density at radius 1 is 1.03 bits per heavy atom. The standard InChI is InChI=1S/C29H34N2O4S/c1-19-13-28(34-5)29(35-36(32)22-9-7-6-8-10-22)25-18-31-12-11-20-14-21(17-30(2)3)27(33-4)16-24(20)26(31)15-23(19)25/h6-10,13-14,16,26H,11-12,15,17-18H2,1-5H3. The smallest absolute Gasteiger partial charge is 0.240 e. The van der Waals surface area contributed by atoms with Gasteiger partial charge in [0.1, 0.15) is 5.75 Å². The quantitative estimate of drug-likeness (QED) is 0.458. The van der Waals surface area contributed by atoms with E-state index in [-0.39, 0.29) is 6.04 Å². The van der Waals surface area contributed by atoms with Crippen LogP contribution in [0, 0.1) is 6.92 Å². The molecule has 36 heavy (non-hydrogen) atoms. The van der Waals surface area contributed by atoms with Gasteiger partial charge in [0.05, 0.1) is 19.1 Å². The Kier molecular flexibility index (Phi) is 7.06. The Bertz CT molecular complexity index is 1290. The van der Waals surface area contributed by atoms with Gasteiger partial charge in [0.2, 0.25) is 11.1 Å². The minimum absolute atomic E-state index is 0.267. The molecule has 2 atom stereocenters. The molecule has 190 valence electrons. The van der Waals surface area contributed by atoms with E-state index in [1.165, 1.54) is 27.8 Å². The van der Waals surface area contributed by atoms with Crippen LogP contribution in [-0.2, 0) is 37.0 Å². The largest absolute Gasteiger partial charge is 0.496 e. The fourth-order valence-corrected chi connectivity index (χ4v) is 6.35. The first-order chi connectivity index (χ1) is 17.4. The van der Waals surface area contributed by atoms with Gasteiger partial charge in [0.15, 0.2) is 11.5 Å². The number of hydrogen-bond acceptors (Lipinski definition) is 6. The van der Waals surface area contributed by atoms with Gasteiger partial charge < -0.3 is 18.6 Å². The van der Waals surface area contributed by atoms with Crippen molar-refractivity contribution in [1.82, 2.24) is 9.80 Å². The van der Waals surface area contributed by atoms with Gasteiger partial charge in [-0.25, -0.2) is 4.21 Å². The van der Waals surface area contributed by atoms with E-state index in [1.54, 1.807) is 14.2 Å². The van der Waals surface area contributed by atoms with Crippen molar-refractivity contribution < 1.29 is 17.9 Å². The van der Waals surface area contributed by atoms with Crippen LogP contribution in [0.2, 0.25) is 0 Å². The van der Waals surface area contributed by atoms with E-state index in [9.17, 15) is 4.21 Å². The van der Waals surface area contributed by atoms with Crippen LogP contribution in [0.4, 0.5) is 0 Å². The molecule has 0 aromatic heterocycles. The molecule has 2 aliphatic heterocycles. The summed E-state index contributed by atoms with van der Waals surface area (Å²) >= 11 is -1.63. The van der Waals surface area contributed by atoms with Gasteiger partial charge >= 0.3 is 0 Å². The molecule has 3 aromatic carbocycles. The van der Waals surface area contributed by atoms with Crippen LogP contribution in [-0.4, -0.2) is 48.9 Å². The highest BCUT2D eigenvalue weighted by molar-refractivity contribution is 7.80. The van der Waals surface area contributed by atoms with Crippen LogP contribution < -0.4 is 13.7 Å². The van der Waals surface area contributed by atoms with Crippen molar-refractivity contribution >= 4 is 11.1 Å². The first kappa shape index (κ1) is 24.8. The normalized spacial score (nSPS) is 17.7. The Hall–Kier alpha value is -2.87. The molecule has 2 unspecified atom stereocenters. The van der Waals surface area contributed by atoms with Crippen LogP contribution in [0.1, 0.15) is 39.4 Å². The molecule has 0 fully saturated rings. The summed E-state index contributed by atoms with van der Waals surface area (Å²) in [5, 5.41) is 0. The molecule has 0 aliphatic carbocycles. The highest BCUT2D eigenvalue weighted by atomic mass is 32.2. The van der Waals surface area contributed by atoms with E-state index < -0.39 is 11.1 Å². The van der Waals surface area contributed by atoms with E-state index in [2.05, 4.69) is 43.0 Å². The van der Waals surface area contributed by atoms with Gasteiger partial charge in [-0.2, -0.15) is 0 Å². The lowest BCUT2D eigenvalue weighted by molar-refractivity contribution is 0.158. The van der Waals surface area contributed by atoms with Crippen LogP contribution in [0.3, 0.4) is 0 Å². The second-order valence-electron chi connectivity index (χ2n) is 9.85. The Morgan fingerprint density at radius 2 is 1.78 bits per heavy atom. The second-order valence-corrected chi connectivity index (χ2v) is 11.0. The average molecular weight is 507 g/mol. The summed E-state index contributed by atoms with van der Waals surface area (Å²) in [6, 6.07) is 16.1. The van der Waals surface area contributed by atoms with Crippen LogP contribution in [0.25, 0.3) is 0 Å². The second kappa shape index (κ2) is 10.2. The number of benzene rings is 3. The first-order valence-corrected chi connectivity index (χ1v) is 13.4. The van der Waals surface area contributed by atoms with Gasteiger partial charge in [-0.15, -0.1) is 0 Å². The molecular formula is C29H34N2O4S. The van der Waals surface area contributed by atoms with E-state index >= 15 is 0 Å². The third-order valence-corrected chi connectivity index (χ3v) is 8.23. The van der Waals surface area contributed by atoms with Crippen molar-refractivity contribution in [2.24, 2.45) is 0 Å². The topological polar surface area (TPSA) is 51.2 Å². The monoisotopic (exact) mass is 506 g/mol. The minimum Gasteiger partial charge on any atom is -0.496 e. The summed E-state index contributed by atoms with van der Waals surface area (Å²) in [5.41, 5.74) is 7.48. The molecule has 6 nitrogen and oxygen atoms in total. The number of nitrogens with zero attached hydrogens (tertiary/aromatic N) is 2. The van der Waals surface area contributed by atoms with Crippen LogP contribution in [0.5, 0.6) is 17.2 Å². The lowest BCUT2D eigenvalue weighted by atomic mass is 9.81. The number of ether oxygens (including phenoxy) is 2. The average Bonchev–Trinajstić information content (AvgIpc) is 2.88. The molecule has 0 radical (unpaired) electrons. The number of fused-ring (bicyclic) bond motifs is 4. The van der Waals surface area contributed by atoms with Gasteiger partial charge in [0, 0.05) is 36.8 Å². The van der Waals surface area contributed by atoms with Gasteiger partial charge in [-0.1, -0.05) is 24.3 Å². The first-order valence-electron chi connectivity index (χ1n) is 12.3. The highest BCUT2D eigenvalue weighted by Gasteiger charge is 2.36. The zero-order chi connectivity index (χ0) is 25.4. The van der Waals surface area contributed by atoms with Gasteiger partial charge in [-0.3, -0.25) is 4.90 Å². The number of aryl methyl sites for hydroxylation is 1. The predicted octanol–water partition coefficient (Wildman–Crippen LogP) is 4.83. The van der Waals surface area contributed by atoms with Crippen LogP contribution >= 0.6 is 0 Å². The van der Waals surface area contributed by atoms with E-state index in [0.29, 0.717) is 16.4 Å². The Balaban J connectivity index is 1.53. The molecule has 0 bridgehead atoms. The molecular weight excluding hydrogens is 472 g/mol. The molecule has 0 saturated carbocycles. The molecule has 2 aliphatic rings. The predicted molar refractivity (Wildman–Crippen MR) is 142 cm³/mol. The number of rotatable bonds is 7. The maximum Gasteiger partial charge on any atom is 0.240 e. The molecule has 2 heterocycles. The zero-order valence-corrected chi connectivity index (χ0v) is 22.5. The van der Waals surface area contributed by atoms with Gasteiger partial charge in [0.25, 0.3) is 0 Å². The van der Waals surface area contributed by atoms with Crippen molar-refractivity contribution in [3.05, 3.63) is 81.9 Å². The maximum absolute atomic E-state index is 13.1. The summed E-state index contributed by atoms with van der Waals surface area (Å²) < 4.78 is 30.7.